The minimum Gasteiger partial charge on any atom is -0.408 e. The molecule has 3 aliphatic heterocycles. The van der Waals surface area contributed by atoms with Crippen LogP contribution in [-0.4, -0.2) is 0 Å². The van der Waals surface area contributed by atoms with E-state index in [9.17, 15) is 0 Å². The van der Waals surface area contributed by atoms with Crippen LogP contribution in [-0.2, 0) is 0 Å². The Morgan fingerprint density at radius 1 is 0.341 bits per heavy atom. The van der Waals surface area contributed by atoms with E-state index < -0.39 is 8.60 Å². The SMILES string of the molecule is c1ccc(-c2cccc3c2OP2Oc4c(-c5ccccc5)cccc4C3c3cccc(-c4ccccc4)c3O2)cc1. The Labute approximate surface area is 240 Å². The Kier molecular flexibility index (Phi) is 5.83. The molecule has 0 aliphatic carbocycles. The fourth-order valence-corrected chi connectivity index (χ4v) is 7.14. The van der Waals surface area contributed by atoms with Crippen LogP contribution in [0.4, 0.5) is 0 Å². The lowest BCUT2D eigenvalue weighted by molar-refractivity contribution is 0.371. The summed E-state index contributed by atoms with van der Waals surface area (Å²) in [7, 11) is -1.86. The maximum Gasteiger partial charge on any atom is 0.530 e. The average molecular weight is 549 g/mol. The molecule has 9 rings (SSSR count). The summed E-state index contributed by atoms with van der Waals surface area (Å²) in [6.07, 6.45) is 0. The van der Waals surface area contributed by atoms with Gasteiger partial charge in [-0.2, -0.15) is 0 Å². The zero-order valence-electron chi connectivity index (χ0n) is 22.1. The first-order valence-electron chi connectivity index (χ1n) is 13.7. The monoisotopic (exact) mass is 548 g/mol. The summed E-state index contributed by atoms with van der Waals surface area (Å²) < 4.78 is 20.4. The van der Waals surface area contributed by atoms with Crippen LogP contribution in [0.5, 0.6) is 17.2 Å². The summed E-state index contributed by atoms with van der Waals surface area (Å²) in [6, 6.07) is 50.4. The standard InChI is InChI=1S/C37H25O3P/c1-4-13-25(14-5-1)28-19-10-22-31-34-32-23-11-20-29(26-15-6-2-7-16-26)36(32)39-41(38-35(28)31)40-37-30(21-12-24-33(34)37)27-17-8-3-9-18-27/h1-24,34H. The molecule has 4 heteroatoms. The minimum absolute atomic E-state index is 0.177. The topological polar surface area (TPSA) is 27.7 Å². The van der Waals surface area contributed by atoms with Gasteiger partial charge in [0.05, 0.1) is 0 Å². The van der Waals surface area contributed by atoms with Crippen LogP contribution < -0.4 is 13.6 Å². The zero-order valence-corrected chi connectivity index (χ0v) is 23.0. The number of benzene rings is 6. The predicted molar refractivity (Wildman–Crippen MR) is 165 cm³/mol. The second-order valence-corrected chi connectivity index (χ2v) is 11.2. The van der Waals surface area contributed by atoms with Gasteiger partial charge < -0.3 is 13.6 Å². The van der Waals surface area contributed by atoms with Gasteiger partial charge in [0.2, 0.25) is 0 Å². The molecule has 0 spiro atoms. The molecule has 0 saturated heterocycles. The van der Waals surface area contributed by atoms with Crippen molar-refractivity contribution in [3.63, 3.8) is 0 Å². The number of hydrogen-bond donors (Lipinski definition) is 0. The van der Waals surface area contributed by atoms with Crippen molar-refractivity contribution in [2.45, 2.75) is 5.92 Å². The zero-order chi connectivity index (χ0) is 27.2. The maximum absolute atomic E-state index is 6.81. The molecule has 6 aromatic carbocycles. The molecule has 0 saturated carbocycles. The van der Waals surface area contributed by atoms with Gasteiger partial charge in [-0.05, 0) is 16.7 Å². The van der Waals surface area contributed by atoms with Crippen molar-refractivity contribution in [2.24, 2.45) is 0 Å². The Morgan fingerprint density at radius 2 is 0.659 bits per heavy atom. The second kappa shape index (κ2) is 9.96. The highest BCUT2D eigenvalue weighted by atomic mass is 31.2. The van der Waals surface area contributed by atoms with Gasteiger partial charge in [-0.25, -0.2) is 0 Å². The molecule has 6 aromatic rings. The van der Waals surface area contributed by atoms with Crippen LogP contribution in [0.3, 0.4) is 0 Å². The molecule has 2 bridgehead atoms. The van der Waals surface area contributed by atoms with Gasteiger partial charge >= 0.3 is 8.60 Å². The summed E-state index contributed by atoms with van der Waals surface area (Å²) in [5.41, 5.74) is 9.66. The highest BCUT2D eigenvalue weighted by Gasteiger charge is 2.40. The molecule has 0 unspecified atom stereocenters. The predicted octanol–water partition coefficient (Wildman–Crippen LogP) is 10.3. The quantitative estimate of drug-likeness (QED) is 0.206. The van der Waals surface area contributed by atoms with Gasteiger partial charge in [0.1, 0.15) is 17.2 Å². The van der Waals surface area contributed by atoms with Crippen molar-refractivity contribution in [3.8, 4) is 50.6 Å². The number of rotatable bonds is 3. The average Bonchev–Trinajstić information content (AvgIpc) is 3.02. The summed E-state index contributed by atoms with van der Waals surface area (Å²) >= 11 is 0. The lowest BCUT2D eigenvalue weighted by atomic mass is 9.80. The van der Waals surface area contributed by atoms with E-state index in [0.29, 0.717) is 0 Å². The van der Waals surface area contributed by atoms with Gasteiger partial charge in [0.15, 0.2) is 0 Å². The Balaban J connectivity index is 1.44. The molecule has 41 heavy (non-hydrogen) atoms. The maximum atomic E-state index is 6.81. The van der Waals surface area contributed by atoms with E-state index >= 15 is 0 Å². The van der Waals surface area contributed by atoms with Crippen LogP contribution in [0.2, 0.25) is 0 Å². The van der Waals surface area contributed by atoms with E-state index in [1.54, 1.807) is 0 Å². The van der Waals surface area contributed by atoms with Gasteiger partial charge in [-0.3, -0.25) is 0 Å². The first kappa shape index (κ1) is 24.0. The van der Waals surface area contributed by atoms with Gasteiger partial charge in [-0.1, -0.05) is 146 Å². The lowest BCUT2D eigenvalue weighted by Gasteiger charge is -2.35. The third kappa shape index (κ3) is 4.09. The van der Waals surface area contributed by atoms with Crippen molar-refractivity contribution < 1.29 is 13.6 Å². The molecule has 0 aromatic heterocycles. The second-order valence-electron chi connectivity index (χ2n) is 10.2. The third-order valence-corrected chi connectivity index (χ3v) is 8.82. The molecular formula is C37H25O3P. The normalized spacial score (nSPS) is 16.4. The van der Waals surface area contributed by atoms with E-state index in [-0.39, 0.29) is 5.92 Å². The van der Waals surface area contributed by atoms with Gasteiger partial charge in [0, 0.05) is 39.3 Å². The summed E-state index contributed by atoms with van der Waals surface area (Å²) in [5, 5.41) is 0. The molecule has 3 nitrogen and oxygen atoms in total. The molecule has 0 atom stereocenters. The summed E-state index contributed by atoms with van der Waals surface area (Å²) in [5.74, 6) is 2.24. The molecule has 0 N–H and O–H groups in total. The molecule has 3 heterocycles. The highest BCUT2D eigenvalue weighted by molar-refractivity contribution is 7.43. The largest absolute Gasteiger partial charge is 0.530 e. The first-order chi connectivity index (χ1) is 20.3. The third-order valence-electron chi connectivity index (χ3n) is 7.82. The van der Waals surface area contributed by atoms with E-state index in [1.807, 2.05) is 18.2 Å². The molecule has 3 aliphatic rings. The highest BCUT2D eigenvalue weighted by Crippen LogP contribution is 2.60. The van der Waals surface area contributed by atoms with E-state index in [4.69, 9.17) is 13.6 Å². The Hall–Kier alpha value is -4.85. The van der Waals surface area contributed by atoms with Crippen molar-refractivity contribution >= 4 is 8.60 Å². The van der Waals surface area contributed by atoms with Crippen molar-refractivity contribution in [1.29, 1.82) is 0 Å². The van der Waals surface area contributed by atoms with Crippen LogP contribution in [0.25, 0.3) is 33.4 Å². The van der Waals surface area contributed by atoms with Gasteiger partial charge in [0.25, 0.3) is 0 Å². The van der Waals surface area contributed by atoms with Crippen molar-refractivity contribution in [3.05, 3.63) is 162 Å². The van der Waals surface area contributed by atoms with E-state index in [2.05, 4.69) is 127 Å². The van der Waals surface area contributed by atoms with E-state index in [1.165, 1.54) is 0 Å². The van der Waals surface area contributed by atoms with Crippen molar-refractivity contribution in [1.82, 2.24) is 0 Å². The number of para-hydroxylation sites is 3. The molecular weight excluding hydrogens is 523 g/mol. The van der Waals surface area contributed by atoms with Gasteiger partial charge in [-0.15, -0.1) is 0 Å². The molecule has 196 valence electrons. The Bertz CT molecular complexity index is 1650. The van der Waals surface area contributed by atoms with Crippen LogP contribution in [0, 0.1) is 0 Å². The minimum atomic E-state index is -1.86. The smallest absolute Gasteiger partial charge is 0.408 e. The lowest BCUT2D eigenvalue weighted by Crippen LogP contribution is -2.18. The first-order valence-corrected chi connectivity index (χ1v) is 14.8. The molecule has 0 fully saturated rings. The van der Waals surface area contributed by atoms with E-state index in [0.717, 1.165) is 67.3 Å². The summed E-state index contributed by atoms with van der Waals surface area (Å²) in [4.78, 5) is 0. The summed E-state index contributed by atoms with van der Waals surface area (Å²) in [6.45, 7) is 0. The van der Waals surface area contributed by atoms with Crippen LogP contribution in [0.15, 0.2) is 146 Å². The molecule has 0 radical (unpaired) electrons. The molecule has 0 amide bonds. The van der Waals surface area contributed by atoms with Crippen molar-refractivity contribution in [2.75, 3.05) is 0 Å². The fraction of sp³-hybridized carbons (Fsp3) is 0.0270. The van der Waals surface area contributed by atoms with Crippen LogP contribution in [0.1, 0.15) is 22.6 Å². The fourth-order valence-electron chi connectivity index (χ4n) is 5.97. The van der Waals surface area contributed by atoms with Crippen LogP contribution >= 0.6 is 8.60 Å². The number of hydrogen-bond acceptors (Lipinski definition) is 3. The Morgan fingerprint density at radius 3 is 0.976 bits per heavy atom.